The molecular formula is C15H13F3N4O2S. The van der Waals surface area contributed by atoms with E-state index in [9.17, 15) is 18.0 Å². The van der Waals surface area contributed by atoms with Crippen LogP contribution >= 0.6 is 12.2 Å². The van der Waals surface area contributed by atoms with Gasteiger partial charge in [0.1, 0.15) is 5.82 Å². The fourth-order valence-electron chi connectivity index (χ4n) is 1.80. The van der Waals surface area contributed by atoms with Gasteiger partial charge in [0.15, 0.2) is 5.11 Å². The van der Waals surface area contributed by atoms with E-state index < -0.39 is 17.8 Å². The molecule has 0 aromatic carbocycles. The number of rotatable bonds is 3. The largest absolute Gasteiger partial charge is 0.450 e. The minimum atomic E-state index is -4.47. The second-order valence-electron chi connectivity index (χ2n) is 4.69. The Bertz CT molecular complexity index is 766. The Morgan fingerprint density at radius 2 is 2.00 bits per heavy atom. The van der Waals surface area contributed by atoms with Crippen LogP contribution in [0.2, 0.25) is 0 Å². The van der Waals surface area contributed by atoms with Crippen molar-refractivity contribution in [2.75, 3.05) is 11.9 Å². The monoisotopic (exact) mass is 370 g/mol. The van der Waals surface area contributed by atoms with Gasteiger partial charge in [0.05, 0.1) is 12.2 Å². The number of pyridine rings is 2. The van der Waals surface area contributed by atoms with E-state index in [1.54, 1.807) is 13.0 Å². The molecule has 2 aromatic rings. The van der Waals surface area contributed by atoms with Crippen LogP contribution in [-0.2, 0) is 10.9 Å². The molecule has 1 amide bonds. The van der Waals surface area contributed by atoms with Gasteiger partial charge in [0, 0.05) is 29.7 Å². The predicted octanol–water partition coefficient (Wildman–Crippen LogP) is 3.61. The van der Waals surface area contributed by atoms with Crippen molar-refractivity contribution in [2.45, 2.75) is 13.1 Å². The van der Waals surface area contributed by atoms with E-state index in [0.717, 1.165) is 12.3 Å². The van der Waals surface area contributed by atoms with Gasteiger partial charge < -0.3 is 10.1 Å². The fourth-order valence-corrected chi connectivity index (χ4v) is 1.99. The summed E-state index contributed by atoms with van der Waals surface area (Å²) < 4.78 is 42.8. The standard InChI is InChI=1S/C15H13F3N4O2S/c1-2-24-14(23)22-13(25)21-12-4-3-9(7-20-12)10-5-11(8-19-6-10)15(16,17)18/h3-8H,2H2,1H3,(H2,20,21,22,23,25). The number of hydrogen-bond donors (Lipinski definition) is 2. The molecule has 0 aliphatic heterocycles. The molecule has 0 saturated heterocycles. The summed E-state index contributed by atoms with van der Waals surface area (Å²) in [6.07, 6.45) is -1.74. The van der Waals surface area contributed by atoms with E-state index in [4.69, 9.17) is 12.2 Å². The summed E-state index contributed by atoms with van der Waals surface area (Å²) in [6.45, 7) is 1.85. The maximum Gasteiger partial charge on any atom is 0.417 e. The van der Waals surface area contributed by atoms with Gasteiger partial charge in [0.2, 0.25) is 0 Å². The fraction of sp³-hybridized carbons (Fsp3) is 0.200. The van der Waals surface area contributed by atoms with Gasteiger partial charge in [-0.3, -0.25) is 10.3 Å². The lowest BCUT2D eigenvalue weighted by atomic mass is 10.1. The summed E-state index contributed by atoms with van der Waals surface area (Å²) in [4.78, 5) is 18.9. The Balaban J connectivity index is 2.07. The molecule has 132 valence electrons. The highest BCUT2D eigenvalue weighted by Crippen LogP contribution is 2.31. The number of carbonyl (C=O) groups is 1. The molecule has 0 fully saturated rings. The van der Waals surface area contributed by atoms with E-state index in [-0.39, 0.29) is 17.3 Å². The molecule has 2 aromatic heterocycles. The summed E-state index contributed by atoms with van der Waals surface area (Å²) in [5.41, 5.74) is -0.110. The van der Waals surface area contributed by atoms with Gasteiger partial charge >= 0.3 is 12.3 Å². The van der Waals surface area contributed by atoms with E-state index in [0.29, 0.717) is 11.4 Å². The van der Waals surface area contributed by atoms with Crippen molar-refractivity contribution < 1.29 is 22.7 Å². The van der Waals surface area contributed by atoms with Crippen LogP contribution < -0.4 is 10.6 Å². The first-order valence-electron chi connectivity index (χ1n) is 7.03. The maximum absolute atomic E-state index is 12.7. The van der Waals surface area contributed by atoms with Crippen molar-refractivity contribution in [3.05, 3.63) is 42.4 Å². The highest BCUT2D eigenvalue weighted by atomic mass is 32.1. The third kappa shape index (κ3) is 5.38. The zero-order valence-electron chi connectivity index (χ0n) is 12.9. The molecule has 2 N–H and O–H groups in total. The minimum Gasteiger partial charge on any atom is -0.450 e. The first kappa shape index (κ1) is 18.6. The van der Waals surface area contributed by atoms with Crippen molar-refractivity contribution in [1.29, 1.82) is 0 Å². The van der Waals surface area contributed by atoms with Crippen LogP contribution in [0, 0.1) is 0 Å². The summed E-state index contributed by atoms with van der Waals surface area (Å²) >= 11 is 4.91. The van der Waals surface area contributed by atoms with Crippen LogP contribution in [0.5, 0.6) is 0 Å². The minimum absolute atomic E-state index is 0.0144. The summed E-state index contributed by atoms with van der Waals surface area (Å²) in [5.74, 6) is 0.311. The third-order valence-electron chi connectivity index (χ3n) is 2.90. The van der Waals surface area contributed by atoms with Crippen LogP contribution in [-0.4, -0.2) is 27.8 Å². The van der Waals surface area contributed by atoms with Crippen molar-refractivity contribution in [3.8, 4) is 11.1 Å². The second kappa shape index (κ2) is 7.88. The molecule has 0 aliphatic carbocycles. The Kier molecular flexibility index (Phi) is 5.86. The summed E-state index contributed by atoms with van der Waals surface area (Å²) in [6, 6.07) is 4.05. The highest BCUT2D eigenvalue weighted by Gasteiger charge is 2.31. The number of ether oxygens (including phenoxy) is 1. The van der Waals surface area contributed by atoms with E-state index in [1.165, 1.54) is 18.5 Å². The van der Waals surface area contributed by atoms with Crippen molar-refractivity contribution in [2.24, 2.45) is 0 Å². The van der Waals surface area contributed by atoms with Crippen LogP contribution in [0.1, 0.15) is 12.5 Å². The number of hydrogen-bond acceptors (Lipinski definition) is 5. The molecule has 0 spiro atoms. The Hall–Kier alpha value is -2.75. The quantitative estimate of drug-likeness (QED) is 0.804. The molecule has 0 bridgehead atoms. The molecule has 0 radical (unpaired) electrons. The number of nitrogens with one attached hydrogen (secondary N) is 2. The Labute approximate surface area is 146 Å². The molecule has 25 heavy (non-hydrogen) atoms. The Morgan fingerprint density at radius 1 is 1.24 bits per heavy atom. The lowest BCUT2D eigenvalue weighted by Crippen LogP contribution is -2.34. The number of alkyl halides is 3. The predicted molar refractivity (Wildman–Crippen MR) is 88.8 cm³/mol. The molecule has 0 saturated carbocycles. The van der Waals surface area contributed by atoms with Gasteiger partial charge in [-0.05, 0) is 37.3 Å². The van der Waals surface area contributed by atoms with Crippen molar-refractivity contribution >= 4 is 29.2 Å². The molecule has 10 heteroatoms. The zero-order chi connectivity index (χ0) is 18.4. The number of halogens is 3. The number of carbonyl (C=O) groups excluding carboxylic acids is 1. The molecule has 0 unspecified atom stereocenters. The molecular weight excluding hydrogens is 357 g/mol. The average Bonchev–Trinajstić information content (AvgIpc) is 2.55. The van der Waals surface area contributed by atoms with Gasteiger partial charge in [0.25, 0.3) is 0 Å². The number of amides is 1. The van der Waals surface area contributed by atoms with Crippen LogP contribution in [0.25, 0.3) is 11.1 Å². The smallest absolute Gasteiger partial charge is 0.417 e. The number of alkyl carbamates (subject to hydrolysis) is 1. The highest BCUT2D eigenvalue weighted by molar-refractivity contribution is 7.80. The topological polar surface area (TPSA) is 76.1 Å². The summed E-state index contributed by atoms with van der Waals surface area (Å²) in [7, 11) is 0. The van der Waals surface area contributed by atoms with Crippen molar-refractivity contribution in [3.63, 3.8) is 0 Å². The number of thiocarbonyl (C=S) groups is 1. The van der Waals surface area contributed by atoms with E-state index in [2.05, 4.69) is 25.3 Å². The molecule has 2 heterocycles. The lowest BCUT2D eigenvalue weighted by Gasteiger charge is -2.10. The van der Waals surface area contributed by atoms with Gasteiger partial charge in [-0.15, -0.1) is 0 Å². The molecule has 0 atom stereocenters. The lowest BCUT2D eigenvalue weighted by molar-refractivity contribution is -0.137. The van der Waals surface area contributed by atoms with Crippen molar-refractivity contribution in [1.82, 2.24) is 15.3 Å². The average molecular weight is 370 g/mol. The van der Waals surface area contributed by atoms with Gasteiger partial charge in [-0.2, -0.15) is 13.2 Å². The summed E-state index contributed by atoms with van der Waals surface area (Å²) in [5, 5.41) is 4.93. The van der Waals surface area contributed by atoms with Crippen LogP contribution in [0.3, 0.4) is 0 Å². The first-order chi connectivity index (χ1) is 11.8. The zero-order valence-corrected chi connectivity index (χ0v) is 13.7. The van der Waals surface area contributed by atoms with Gasteiger partial charge in [-0.25, -0.2) is 9.78 Å². The Morgan fingerprint density at radius 3 is 2.60 bits per heavy atom. The third-order valence-corrected chi connectivity index (χ3v) is 3.10. The normalized spacial score (nSPS) is 10.9. The van der Waals surface area contributed by atoms with Crippen LogP contribution in [0.15, 0.2) is 36.8 Å². The number of aromatic nitrogens is 2. The number of nitrogens with zero attached hydrogens (tertiary/aromatic N) is 2. The van der Waals surface area contributed by atoms with E-state index in [1.807, 2.05) is 0 Å². The maximum atomic E-state index is 12.7. The molecule has 0 aliphatic rings. The second-order valence-corrected chi connectivity index (χ2v) is 5.10. The molecule has 6 nitrogen and oxygen atoms in total. The number of anilines is 1. The SMILES string of the molecule is CCOC(=O)NC(=S)Nc1ccc(-c2cncc(C(F)(F)F)c2)cn1. The first-order valence-corrected chi connectivity index (χ1v) is 7.44. The van der Waals surface area contributed by atoms with Crippen LogP contribution in [0.4, 0.5) is 23.8 Å². The van der Waals surface area contributed by atoms with Gasteiger partial charge in [-0.1, -0.05) is 0 Å². The molecule has 2 rings (SSSR count). The van der Waals surface area contributed by atoms with E-state index >= 15 is 0 Å².